The molecule has 2 heterocycles. The number of aryl methyl sites for hydroxylation is 1. The Morgan fingerprint density at radius 2 is 2.08 bits per heavy atom. The molecule has 1 saturated heterocycles. The lowest BCUT2D eigenvalue weighted by Gasteiger charge is -2.33. The topological polar surface area (TPSA) is 45.2 Å². The summed E-state index contributed by atoms with van der Waals surface area (Å²) in [7, 11) is 0. The molecule has 128 valence electrons. The lowest BCUT2D eigenvalue weighted by Crippen LogP contribution is -2.45. The van der Waals surface area contributed by atoms with Gasteiger partial charge in [-0.3, -0.25) is 4.79 Å². The Balaban J connectivity index is 1.63. The molecule has 1 amide bonds. The third-order valence-corrected chi connectivity index (χ3v) is 5.51. The maximum Gasteiger partial charge on any atom is 0.265 e. The van der Waals surface area contributed by atoms with Gasteiger partial charge in [-0.15, -0.1) is 11.3 Å². The number of anilines is 1. The van der Waals surface area contributed by atoms with E-state index in [1.54, 1.807) is 5.51 Å². The number of thiazole rings is 1. The minimum atomic E-state index is 0.122. The Morgan fingerprint density at radius 1 is 1.33 bits per heavy atom. The van der Waals surface area contributed by atoms with Gasteiger partial charge in [0.2, 0.25) is 0 Å². The fourth-order valence-corrected chi connectivity index (χ4v) is 3.90. The van der Waals surface area contributed by atoms with E-state index in [0.717, 1.165) is 42.2 Å². The number of nitrogens with zero attached hydrogens (tertiary/aromatic N) is 2. The molecule has 0 unspecified atom stereocenters. The average molecular weight is 343 g/mol. The summed E-state index contributed by atoms with van der Waals surface area (Å²) in [6, 6.07) is 8.95. The molecule has 0 spiro atoms. The van der Waals surface area contributed by atoms with Gasteiger partial charge >= 0.3 is 0 Å². The van der Waals surface area contributed by atoms with Crippen LogP contribution in [0.1, 0.15) is 53.5 Å². The van der Waals surface area contributed by atoms with Gasteiger partial charge in [-0.2, -0.15) is 0 Å². The number of aromatic nitrogens is 1. The van der Waals surface area contributed by atoms with Gasteiger partial charge in [0.1, 0.15) is 4.88 Å². The number of likely N-dealkylation sites (tertiary alicyclic amines) is 1. The van der Waals surface area contributed by atoms with Crippen LogP contribution >= 0.6 is 11.3 Å². The number of nitrogens with one attached hydrogen (secondary N) is 1. The van der Waals surface area contributed by atoms with Crippen LogP contribution in [0, 0.1) is 6.92 Å². The van der Waals surface area contributed by atoms with Crippen LogP contribution in [0.15, 0.2) is 29.8 Å². The highest BCUT2D eigenvalue weighted by Crippen LogP contribution is 2.22. The highest BCUT2D eigenvalue weighted by atomic mass is 32.1. The van der Waals surface area contributed by atoms with Crippen molar-refractivity contribution in [2.24, 2.45) is 0 Å². The van der Waals surface area contributed by atoms with Gasteiger partial charge in [0.25, 0.3) is 5.91 Å². The molecule has 5 heteroatoms. The molecule has 1 aliphatic heterocycles. The van der Waals surface area contributed by atoms with E-state index in [-0.39, 0.29) is 5.91 Å². The first-order valence-corrected chi connectivity index (χ1v) is 9.48. The summed E-state index contributed by atoms with van der Waals surface area (Å²) in [5.41, 5.74) is 5.07. The number of piperidine rings is 1. The van der Waals surface area contributed by atoms with E-state index in [0.29, 0.717) is 12.0 Å². The Hall–Kier alpha value is -1.88. The molecule has 2 aromatic rings. The van der Waals surface area contributed by atoms with Crippen LogP contribution in [0.2, 0.25) is 0 Å². The number of hydrogen-bond acceptors (Lipinski definition) is 4. The van der Waals surface area contributed by atoms with Gasteiger partial charge in [0, 0.05) is 24.8 Å². The molecule has 1 N–H and O–H groups in total. The summed E-state index contributed by atoms with van der Waals surface area (Å²) in [6.07, 6.45) is 2.13. The summed E-state index contributed by atoms with van der Waals surface area (Å²) in [6.45, 7) is 7.89. The van der Waals surface area contributed by atoms with E-state index in [1.165, 1.54) is 16.9 Å². The molecular weight excluding hydrogens is 318 g/mol. The van der Waals surface area contributed by atoms with Gasteiger partial charge in [0.15, 0.2) is 0 Å². The molecule has 0 radical (unpaired) electrons. The van der Waals surface area contributed by atoms with Crippen molar-refractivity contribution in [1.82, 2.24) is 9.88 Å². The predicted octanol–water partition coefficient (Wildman–Crippen LogP) is 4.29. The number of carbonyl (C=O) groups excluding carboxylic acids is 1. The summed E-state index contributed by atoms with van der Waals surface area (Å²) < 4.78 is 0. The van der Waals surface area contributed by atoms with Crippen molar-refractivity contribution < 1.29 is 4.79 Å². The minimum Gasteiger partial charge on any atom is -0.381 e. The van der Waals surface area contributed by atoms with Crippen LogP contribution in [0.5, 0.6) is 0 Å². The first-order chi connectivity index (χ1) is 11.5. The van der Waals surface area contributed by atoms with E-state index >= 15 is 0 Å². The van der Waals surface area contributed by atoms with E-state index in [9.17, 15) is 4.79 Å². The second-order valence-corrected chi connectivity index (χ2v) is 7.63. The van der Waals surface area contributed by atoms with Crippen LogP contribution in [-0.2, 0) is 0 Å². The van der Waals surface area contributed by atoms with Gasteiger partial charge in [-0.25, -0.2) is 4.98 Å². The van der Waals surface area contributed by atoms with Crippen LogP contribution < -0.4 is 5.32 Å². The van der Waals surface area contributed by atoms with Crippen LogP contribution in [-0.4, -0.2) is 34.9 Å². The number of amides is 1. The maximum absolute atomic E-state index is 12.7. The van der Waals surface area contributed by atoms with Crippen LogP contribution in [0.25, 0.3) is 0 Å². The molecule has 1 aromatic carbocycles. The van der Waals surface area contributed by atoms with Crippen molar-refractivity contribution in [2.45, 2.75) is 45.6 Å². The van der Waals surface area contributed by atoms with Crippen molar-refractivity contribution in [2.75, 3.05) is 18.4 Å². The highest BCUT2D eigenvalue weighted by Gasteiger charge is 2.26. The first-order valence-electron chi connectivity index (χ1n) is 8.60. The van der Waals surface area contributed by atoms with Crippen LogP contribution in [0.3, 0.4) is 0 Å². The minimum absolute atomic E-state index is 0.122. The Labute approximate surface area is 147 Å². The van der Waals surface area contributed by atoms with Crippen molar-refractivity contribution in [3.8, 4) is 0 Å². The third kappa shape index (κ3) is 3.78. The van der Waals surface area contributed by atoms with Crippen molar-refractivity contribution in [3.05, 3.63) is 45.9 Å². The lowest BCUT2D eigenvalue weighted by molar-refractivity contribution is 0.0719. The van der Waals surface area contributed by atoms with Gasteiger partial charge < -0.3 is 10.2 Å². The predicted molar refractivity (Wildman–Crippen MR) is 99.9 cm³/mol. The Morgan fingerprint density at radius 3 is 2.71 bits per heavy atom. The molecule has 3 rings (SSSR count). The summed E-state index contributed by atoms with van der Waals surface area (Å²) >= 11 is 1.44. The molecule has 1 fully saturated rings. The first kappa shape index (κ1) is 17.0. The number of carbonyl (C=O) groups is 1. The van der Waals surface area contributed by atoms with Crippen LogP contribution in [0.4, 0.5) is 5.69 Å². The number of benzene rings is 1. The summed E-state index contributed by atoms with van der Waals surface area (Å²) in [4.78, 5) is 19.6. The zero-order chi connectivity index (χ0) is 17.1. The summed E-state index contributed by atoms with van der Waals surface area (Å²) in [5, 5.41) is 3.59. The van der Waals surface area contributed by atoms with Crippen molar-refractivity contribution in [3.63, 3.8) is 0 Å². The smallest absolute Gasteiger partial charge is 0.265 e. The largest absolute Gasteiger partial charge is 0.381 e. The fraction of sp³-hybridized carbons (Fsp3) is 0.474. The van der Waals surface area contributed by atoms with E-state index in [1.807, 2.05) is 11.8 Å². The fourth-order valence-electron chi connectivity index (χ4n) is 3.13. The number of rotatable bonds is 4. The second-order valence-electron chi connectivity index (χ2n) is 6.78. The zero-order valence-electron chi connectivity index (χ0n) is 14.6. The third-order valence-electron chi connectivity index (χ3n) is 4.60. The van der Waals surface area contributed by atoms with Gasteiger partial charge in [0.05, 0.1) is 11.2 Å². The highest BCUT2D eigenvalue weighted by molar-refractivity contribution is 7.11. The molecule has 1 aromatic heterocycles. The Kier molecular flexibility index (Phi) is 5.19. The average Bonchev–Trinajstić information content (AvgIpc) is 3.01. The quantitative estimate of drug-likeness (QED) is 0.900. The Bertz CT molecular complexity index is 693. The van der Waals surface area contributed by atoms with E-state index in [2.05, 4.69) is 48.4 Å². The van der Waals surface area contributed by atoms with Crippen molar-refractivity contribution in [1.29, 1.82) is 0 Å². The molecule has 24 heavy (non-hydrogen) atoms. The molecule has 4 nitrogen and oxygen atoms in total. The van der Waals surface area contributed by atoms with Gasteiger partial charge in [-0.05, 0) is 43.4 Å². The van der Waals surface area contributed by atoms with E-state index < -0.39 is 0 Å². The molecule has 0 bridgehead atoms. The van der Waals surface area contributed by atoms with Gasteiger partial charge in [-0.1, -0.05) is 26.0 Å². The van der Waals surface area contributed by atoms with E-state index in [4.69, 9.17) is 0 Å². The summed E-state index contributed by atoms with van der Waals surface area (Å²) in [5.74, 6) is 0.668. The second kappa shape index (κ2) is 7.34. The molecular formula is C19H25N3OS. The molecule has 1 atom stereocenters. The van der Waals surface area contributed by atoms with Crippen molar-refractivity contribution >= 4 is 22.9 Å². The monoisotopic (exact) mass is 343 g/mol. The lowest BCUT2D eigenvalue weighted by atomic mass is 10.0. The molecule has 1 aliphatic rings. The normalized spacial score (nSPS) is 18.0. The maximum atomic E-state index is 12.7. The SMILES string of the molecule is Cc1ncsc1C(=O)N1CCC[C@H](Nc2ccc(C(C)C)cc2)C1. The molecule has 0 aliphatic carbocycles. The standard InChI is InChI=1S/C19H25N3OS/c1-13(2)15-6-8-16(9-7-15)21-17-5-4-10-22(11-17)19(23)18-14(3)20-12-24-18/h6-9,12-13,17,21H,4-5,10-11H2,1-3H3/t17-/m0/s1. The number of hydrogen-bond donors (Lipinski definition) is 1. The zero-order valence-corrected chi connectivity index (χ0v) is 15.4. The molecule has 0 saturated carbocycles.